The van der Waals surface area contributed by atoms with Gasteiger partial charge in [0.2, 0.25) is 0 Å². The second kappa shape index (κ2) is 0.683. The lowest BCUT2D eigenvalue weighted by molar-refractivity contribution is 0.522. The van der Waals surface area contributed by atoms with Crippen molar-refractivity contribution in [3.63, 3.8) is 0 Å². The first-order chi connectivity index (χ1) is 3.25. The van der Waals surface area contributed by atoms with Gasteiger partial charge >= 0.3 is 0 Å². The van der Waals surface area contributed by atoms with Crippen molar-refractivity contribution in [1.82, 2.24) is 0 Å². The third-order valence-corrected chi connectivity index (χ3v) is 2.74. The second-order valence-corrected chi connectivity index (χ2v) is 3.00. The summed E-state index contributed by atoms with van der Waals surface area (Å²) in [5.74, 6) is 0.937. The molecule has 0 N–H and O–H groups in total. The van der Waals surface area contributed by atoms with E-state index in [9.17, 15) is 0 Å². The molecule has 0 heterocycles. The van der Waals surface area contributed by atoms with E-state index in [-0.39, 0.29) is 0 Å². The lowest BCUT2D eigenvalue weighted by atomic mass is 9.95. The van der Waals surface area contributed by atoms with Crippen LogP contribution in [0.15, 0.2) is 11.6 Å². The Morgan fingerprint density at radius 1 is 1.86 bits per heavy atom. The Kier molecular flexibility index (Phi) is 0.362. The van der Waals surface area contributed by atoms with Crippen molar-refractivity contribution in [1.29, 1.82) is 0 Å². The number of hydrogen-bond donors (Lipinski definition) is 0. The molecule has 1 fully saturated rings. The fourth-order valence-electron chi connectivity index (χ4n) is 1.62. The lowest BCUT2D eigenvalue weighted by Crippen LogP contribution is -1.98. The van der Waals surface area contributed by atoms with Crippen LogP contribution in [0.1, 0.15) is 20.3 Å². The Balaban J connectivity index is 2.40. The van der Waals surface area contributed by atoms with Gasteiger partial charge in [-0.2, -0.15) is 0 Å². The van der Waals surface area contributed by atoms with E-state index >= 15 is 0 Å². The second-order valence-electron chi connectivity index (χ2n) is 3.00. The Bertz CT molecular complexity index is 144. The van der Waals surface area contributed by atoms with Gasteiger partial charge in [-0.05, 0) is 17.8 Å². The fourth-order valence-corrected chi connectivity index (χ4v) is 1.62. The first-order valence-corrected chi connectivity index (χ1v) is 2.96. The van der Waals surface area contributed by atoms with Gasteiger partial charge in [-0.1, -0.05) is 25.5 Å². The molecule has 0 aromatic rings. The molecule has 2 aliphatic carbocycles. The summed E-state index contributed by atoms with van der Waals surface area (Å²) >= 11 is 0. The predicted molar refractivity (Wildman–Crippen MR) is 30.0 cm³/mol. The van der Waals surface area contributed by atoms with Crippen molar-refractivity contribution in [3.05, 3.63) is 11.6 Å². The van der Waals surface area contributed by atoms with Crippen LogP contribution >= 0.6 is 0 Å². The zero-order chi connectivity index (χ0) is 5.07. The summed E-state index contributed by atoms with van der Waals surface area (Å²) < 4.78 is 0. The first-order valence-electron chi connectivity index (χ1n) is 2.96. The lowest BCUT2D eigenvalue weighted by Gasteiger charge is -2.09. The quantitative estimate of drug-likeness (QED) is 0.402. The maximum absolute atomic E-state index is 2.37. The molecule has 0 heteroatoms. The van der Waals surface area contributed by atoms with Crippen molar-refractivity contribution in [2.45, 2.75) is 20.3 Å². The number of allylic oxidation sites excluding steroid dienone is 2. The summed E-state index contributed by atoms with van der Waals surface area (Å²) in [6, 6.07) is 0. The first kappa shape index (κ1) is 3.71. The van der Waals surface area contributed by atoms with Crippen LogP contribution in [0, 0.1) is 11.3 Å². The van der Waals surface area contributed by atoms with Crippen molar-refractivity contribution in [2.75, 3.05) is 0 Å². The highest BCUT2D eigenvalue weighted by atomic mass is 14.6. The number of fused-ring (bicyclic) bond motifs is 1. The molecular weight excluding hydrogens is 84.1 g/mol. The smallest absolute Gasteiger partial charge is 0.00159 e. The molecule has 0 aromatic heterocycles. The zero-order valence-corrected chi connectivity index (χ0v) is 4.86. The molecule has 38 valence electrons. The van der Waals surface area contributed by atoms with Gasteiger partial charge in [-0.25, -0.2) is 0 Å². The molecule has 2 rings (SSSR count). The van der Waals surface area contributed by atoms with E-state index in [1.165, 1.54) is 6.42 Å². The van der Waals surface area contributed by atoms with Crippen LogP contribution in [0.3, 0.4) is 0 Å². The van der Waals surface area contributed by atoms with Gasteiger partial charge in [0.05, 0.1) is 0 Å². The molecule has 1 saturated carbocycles. The van der Waals surface area contributed by atoms with Crippen molar-refractivity contribution in [3.8, 4) is 0 Å². The average molecular weight is 94.2 g/mol. The van der Waals surface area contributed by atoms with E-state index in [0.717, 1.165) is 5.92 Å². The molecular formula is C7H10. The highest BCUT2D eigenvalue weighted by Crippen LogP contribution is 2.67. The molecule has 0 saturated heterocycles. The summed E-state index contributed by atoms with van der Waals surface area (Å²) in [4.78, 5) is 0. The summed E-state index contributed by atoms with van der Waals surface area (Å²) in [5, 5.41) is 0. The van der Waals surface area contributed by atoms with Gasteiger partial charge in [0.25, 0.3) is 0 Å². The molecule has 0 amide bonds. The summed E-state index contributed by atoms with van der Waals surface area (Å²) in [6.45, 7) is 4.67. The highest BCUT2D eigenvalue weighted by molar-refractivity contribution is 5.44. The molecule has 7 heavy (non-hydrogen) atoms. The Hall–Kier alpha value is -0.260. The van der Waals surface area contributed by atoms with E-state index in [4.69, 9.17) is 0 Å². The van der Waals surface area contributed by atoms with Gasteiger partial charge in [0, 0.05) is 0 Å². The van der Waals surface area contributed by atoms with Gasteiger partial charge in [-0.15, -0.1) is 0 Å². The number of rotatable bonds is 0. The maximum atomic E-state index is 2.37. The van der Waals surface area contributed by atoms with Crippen LogP contribution in [0.2, 0.25) is 0 Å². The molecule has 2 atom stereocenters. The molecule has 2 unspecified atom stereocenters. The van der Waals surface area contributed by atoms with Gasteiger partial charge < -0.3 is 0 Å². The van der Waals surface area contributed by atoms with Crippen LogP contribution < -0.4 is 0 Å². The minimum atomic E-state index is 0.708. The Morgan fingerprint density at radius 2 is 2.43 bits per heavy atom. The normalized spacial score (nSPS) is 54.6. The topological polar surface area (TPSA) is 0 Å². The molecule has 2 aliphatic rings. The van der Waals surface area contributed by atoms with Crippen LogP contribution in [0.5, 0.6) is 0 Å². The predicted octanol–water partition coefficient (Wildman–Crippen LogP) is 1.97. The molecule has 0 bridgehead atoms. The van der Waals surface area contributed by atoms with Crippen molar-refractivity contribution in [2.24, 2.45) is 11.3 Å². The molecule has 0 spiro atoms. The Labute approximate surface area is 44.2 Å². The van der Waals surface area contributed by atoms with Crippen LogP contribution in [-0.2, 0) is 0 Å². The van der Waals surface area contributed by atoms with E-state index in [2.05, 4.69) is 19.9 Å². The Morgan fingerprint density at radius 3 is 2.43 bits per heavy atom. The molecule has 0 aliphatic heterocycles. The summed E-state index contributed by atoms with van der Waals surface area (Å²) in [5.41, 5.74) is 2.42. The zero-order valence-electron chi connectivity index (χ0n) is 4.86. The standard InChI is InChI=1S/C7H10/c1-5-6-3-4-7(5,6)2/h3,5H,4H2,1-2H3. The van der Waals surface area contributed by atoms with E-state index in [0.29, 0.717) is 5.41 Å². The number of hydrogen-bond acceptors (Lipinski definition) is 0. The molecule has 0 nitrogen and oxygen atoms in total. The van der Waals surface area contributed by atoms with Crippen LogP contribution in [0.25, 0.3) is 0 Å². The fraction of sp³-hybridized carbons (Fsp3) is 0.714. The average Bonchev–Trinajstić information content (AvgIpc) is 1.86. The monoisotopic (exact) mass is 94.1 g/mol. The summed E-state index contributed by atoms with van der Waals surface area (Å²) in [7, 11) is 0. The van der Waals surface area contributed by atoms with Gasteiger partial charge in [0.1, 0.15) is 0 Å². The van der Waals surface area contributed by atoms with E-state index < -0.39 is 0 Å². The van der Waals surface area contributed by atoms with Crippen LogP contribution in [-0.4, -0.2) is 0 Å². The largest absolute Gasteiger partial charge is 0.0836 e. The van der Waals surface area contributed by atoms with Gasteiger partial charge in [0.15, 0.2) is 0 Å². The van der Waals surface area contributed by atoms with Crippen molar-refractivity contribution >= 4 is 0 Å². The van der Waals surface area contributed by atoms with Crippen molar-refractivity contribution < 1.29 is 0 Å². The summed E-state index contributed by atoms with van der Waals surface area (Å²) in [6.07, 6.45) is 3.72. The third-order valence-electron chi connectivity index (χ3n) is 2.74. The van der Waals surface area contributed by atoms with E-state index in [1.807, 2.05) is 0 Å². The molecule has 0 aromatic carbocycles. The third kappa shape index (κ3) is 0.206. The SMILES string of the molecule is CC1C2=CCC21C. The van der Waals surface area contributed by atoms with Crippen LogP contribution in [0.4, 0.5) is 0 Å². The van der Waals surface area contributed by atoms with Gasteiger partial charge in [-0.3, -0.25) is 0 Å². The minimum Gasteiger partial charge on any atom is -0.0836 e. The molecule has 0 radical (unpaired) electrons. The minimum absolute atomic E-state index is 0.708. The highest BCUT2D eigenvalue weighted by Gasteiger charge is 2.57. The maximum Gasteiger partial charge on any atom is -0.00159 e. The van der Waals surface area contributed by atoms with E-state index in [1.54, 1.807) is 5.57 Å².